The molecular weight excluding hydrogens is 739 g/mol. The van der Waals surface area contributed by atoms with E-state index in [1.165, 1.54) is 0 Å². The van der Waals surface area contributed by atoms with Gasteiger partial charge in [-0.25, -0.2) is 9.97 Å². The van der Waals surface area contributed by atoms with Crippen LogP contribution in [0, 0.1) is 0 Å². The van der Waals surface area contributed by atoms with Gasteiger partial charge in [-0.3, -0.25) is 14.5 Å². The normalized spacial score (nSPS) is 20.0. The lowest BCUT2D eigenvalue weighted by Gasteiger charge is -2.42. The number of likely N-dealkylation sites (tertiary alicyclic amines) is 1. The van der Waals surface area contributed by atoms with Gasteiger partial charge in [0.05, 0.1) is 55.6 Å². The van der Waals surface area contributed by atoms with E-state index >= 15 is 0 Å². The summed E-state index contributed by atoms with van der Waals surface area (Å²) in [5.74, 6) is 1.35. The molecule has 0 saturated carbocycles. The Bertz CT molecular complexity index is 2370. The molecule has 3 aliphatic heterocycles. The van der Waals surface area contributed by atoms with Crippen molar-refractivity contribution in [2.45, 2.75) is 62.4 Å². The summed E-state index contributed by atoms with van der Waals surface area (Å²) in [5, 5.41) is 0. The van der Waals surface area contributed by atoms with E-state index in [1.54, 1.807) is 0 Å². The van der Waals surface area contributed by atoms with Crippen LogP contribution in [0.5, 0.6) is 0 Å². The Kier molecular flexibility index (Phi) is 10.7. The fourth-order valence-electron chi connectivity index (χ4n) is 9.14. The van der Waals surface area contributed by atoms with E-state index in [2.05, 4.69) is 58.5 Å². The number of benzene rings is 4. The Morgan fingerprint density at radius 3 is 1.80 bits per heavy atom. The molecule has 11 nitrogen and oxygen atoms in total. The Morgan fingerprint density at radius 1 is 0.712 bits per heavy atom. The van der Waals surface area contributed by atoms with Crippen molar-refractivity contribution in [1.82, 2.24) is 34.6 Å². The van der Waals surface area contributed by atoms with Gasteiger partial charge in [0.1, 0.15) is 29.5 Å². The molecule has 0 radical (unpaired) electrons. The van der Waals surface area contributed by atoms with E-state index in [0.717, 1.165) is 69.3 Å². The highest BCUT2D eigenvalue weighted by molar-refractivity contribution is 5.85. The zero-order chi connectivity index (χ0) is 40.5. The molecule has 5 heterocycles. The van der Waals surface area contributed by atoms with Gasteiger partial charge in [0, 0.05) is 19.4 Å². The topological polar surface area (TPSA) is 120 Å². The van der Waals surface area contributed by atoms with E-state index in [4.69, 9.17) is 19.4 Å². The number of H-pyrrole nitrogens is 2. The minimum atomic E-state index is -0.705. The van der Waals surface area contributed by atoms with Crippen molar-refractivity contribution in [1.29, 1.82) is 0 Å². The number of aromatic nitrogens is 4. The third-order valence-electron chi connectivity index (χ3n) is 12.4. The molecule has 1 spiro atoms. The van der Waals surface area contributed by atoms with Gasteiger partial charge in [-0.2, -0.15) is 0 Å². The van der Waals surface area contributed by atoms with Gasteiger partial charge in [0.25, 0.3) is 0 Å². The first-order valence-corrected chi connectivity index (χ1v) is 20.7. The monoisotopic (exact) mass is 789 g/mol. The quantitative estimate of drug-likeness (QED) is 0.143. The molecule has 2 N–H and O–H groups in total. The van der Waals surface area contributed by atoms with Crippen LogP contribution in [-0.2, 0) is 19.1 Å². The Balaban J connectivity index is 0.883. The Morgan fingerprint density at radius 2 is 1.24 bits per heavy atom. The van der Waals surface area contributed by atoms with Crippen molar-refractivity contribution < 1.29 is 19.1 Å². The summed E-state index contributed by atoms with van der Waals surface area (Å²) in [7, 11) is 3.92. The van der Waals surface area contributed by atoms with Crippen LogP contribution >= 0.6 is 0 Å². The Hall–Kier alpha value is -5.88. The largest absolute Gasteiger partial charge is 0.381 e. The van der Waals surface area contributed by atoms with Crippen LogP contribution in [-0.4, -0.2) is 92.6 Å². The second kappa shape index (κ2) is 16.4. The first-order valence-electron chi connectivity index (χ1n) is 20.7. The number of carbonyl (C=O) groups excluding carboxylic acids is 2. The van der Waals surface area contributed by atoms with Crippen molar-refractivity contribution in [2.75, 3.05) is 40.5 Å². The molecule has 6 aromatic rings. The molecule has 0 aliphatic carbocycles. The predicted octanol–water partition coefficient (Wildman–Crippen LogP) is 8.31. The molecular formula is C48H51N7O4. The zero-order valence-electron chi connectivity index (χ0n) is 33.9. The van der Waals surface area contributed by atoms with Gasteiger partial charge in [-0.1, -0.05) is 109 Å². The van der Waals surface area contributed by atoms with E-state index in [-0.39, 0.29) is 35.9 Å². The van der Waals surface area contributed by atoms with E-state index in [9.17, 15) is 9.59 Å². The van der Waals surface area contributed by atoms with Gasteiger partial charge < -0.3 is 29.2 Å². The summed E-state index contributed by atoms with van der Waals surface area (Å²) in [6, 6.07) is 36.0. The third kappa shape index (κ3) is 7.50. The van der Waals surface area contributed by atoms with Crippen molar-refractivity contribution in [3.05, 3.63) is 144 Å². The number of likely N-dealkylation sites (N-methyl/N-ethyl adjacent to an activating group) is 1. The van der Waals surface area contributed by atoms with E-state index in [0.29, 0.717) is 39.2 Å². The maximum atomic E-state index is 14.3. The fraction of sp³-hybridized carbons (Fsp3) is 0.333. The van der Waals surface area contributed by atoms with Crippen molar-refractivity contribution >= 4 is 11.8 Å². The summed E-state index contributed by atoms with van der Waals surface area (Å²) < 4.78 is 12.2. The number of ether oxygens (including phenoxy) is 2. The molecule has 4 aromatic carbocycles. The summed E-state index contributed by atoms with van der Waals surface area (Å²) in [6.07, 6.45) is 6.80. The first kappa shape index (κ1) is 38.6. The molecule has 0 unspecified atom stereocenters. The predicted molar refractivity (Wildman–Crippen MR) is 227 cm³/mol. The lowest BCUT2D eigenvalue weighted by molar-refractivity contribution is -0.170. The number of nitrogens with one attached hydrogen (secondary N) is 2. The smallest absolute Gasteiger partial charge is 0.245 e. The lowest BCUT2D eigenvalue weighted by atomic mass is 9.95. The number of hydrogen-bond acceptors (Lipinski definition) is 7. The van der Waals surface area contributed by atoms with Crippen LogP contribution < -0.4 is 0 Å². The van der Waals surface area contributed by atoms with Gasteiger partial charge in [0.2, 0.25) is 11.8 Å². The van der Waals surface area contributed by atoms with Crippen molar-refractivity contribution in [2.24, 2.45) is 0 Å². The molecule has 3 fully saturated rings. The highest BCUT2D eigenvalue weighted by Gasteiger charge is 2.53. The lowest BCUT2D eigenvalue weighted by Crippen LogP contribution is -2.53. The summed E-state index contributed by atoms with van der Waals surface area (Å²) in [6.45, 7) is 4.16. The second-order valence-electron chi connectivity index (χ2n) is 16.2. The summed E-state index contributed by atoms with van der Waals surface area (Å²) >= 11 is 0. The number of amides is 2. The van der Waals surface area contributed by atoms with Gasteiger partial charge in [-0.15, -0.1) is 0 Å². The molecule has 3 saturated heterocycles. The molecule has 11 heteroatoms. The molecule has 2 amide bonds. The average molecular weight is 790 g/mol. The molecule has 302 valence electrons. The Labute approximate surface area is 345 Å². The van der Waals surface area contributed by atoms with Gasteiger partial charge in [0.15, 0.2) is 0 Å². The molecule has 3 aliphatic rings. The molecule has 9 rings (SSSR count). The number of hydrogen-bond donors (Lipinski definition) is 2. The van der Waals surface area contributed by atoms with Crippen LogP contribution in [0.15, 0.2) is 122 Å². The zero-order valence-corrected chi connectivity index (χ0v) is 33.9. The number of imidazole rings is 2. The molecule has 59 heavy (non-hydrogen) atoms. The van der Waals surface area contributed by atoms with Crippen LogP contribution in [0.25, 0.3) is 33.6 Å². The van der Waals surface area contributed by atoms with E-state index in [1.807, 2.05) is 109 Å². The van der Waals surface area contributed by atoms with Crippen LogP contribution in [0.3, 0.4) is 0 Å². The van der Waals surface area contributed by atoms with Crippen LogP contribution in [0.4, 0.5) is 0 Å². The first-order chi connectivity index (χ1) is 28.8. The highest BCUT2D eigenvalue weighted by atomic mass is 16.5. The summed E-state index contributed by atoms with van der Waals surface area (Å²) in [4.78, 5) is 50.8. The number of nitrogens with zero attached hydrogens (tertiary/aromatic N) is 5. The highest BCUT2D eigenvalue weighted by Crippen LogP contribution is 2.44. The average Bonchev–Trinajstić information content (AvgIpc) is 4.12. The number of aromatic amines is 2. The van der Waals surface area contributed by atoms with Gasteiger partial charge in [-0.05, 0) is 67.2 Å². The standard InChI is InChI=1S/C48H51N7O4/c1-32(33-11-6-4-7-12-33)46(56)55-42(31-59-48(55)24-27-58-28-25-48)45-50-30-40(52-45)37-22-18-35(19-23-37)34-16-20-36(21-17-34)39-29-49-44(51-39)41-15-10-26-54(41)47(57)43(53(2)3)38-13-8-5-9-14-38/h4-9,11-14,16-23,29-30,32,41-43H,10,15,24-28,31H2,1-3H3,(H,49,51)(H,50,52)/t32-,41+,42+,43-/m1/s1. The summed E-state index contributed by atoms with van der Waals surface area (Å²) in [5.41, 5.74) is 7.30. The number of carbonyl (C=O) groups is 2. The SMILES string of the molecule is C[C@@H](C(=O)N1[C@H](c2ncc(-c3ccc(-c4ccc(-c5cnc([C@@H]6CCCN6C(=O)[C@@H](c6ccccc6)N(C)C)[nH]5)cc4)cc3)[nH]2)COC12CCOCC2)c1ccccc1. The second-order valence-corrected chi connectivity index (χ2v) is 16.2. The van der Waals surface area contributed by atoms with Crippen molar-refractivity contribution in [3.63, 3.8) is 0 Å². The van der Waals surface area contributed by atoms with Crippen molar-refractivity contribution in [3.8, 4) is 33.6 Å². The van der Waals surface area contributed by atoms with E-state index < -0.39 is 5.72 Å². The molecule has 4 atom stereocenters. The minimum absolute atomic E-state index is 0.0340. The maximum Gasteiger partial charge on any atom is 0.245 e. The number of rotatable bonds is 10. The molecule has 2 aromatic heterocycles. The maximum absolute atomic E-state index is 14.3. The van der Waals surface area contributed by atoms with Crippen LogP contribution in [0.1, 0.15) is 79.4 Å². The molecule has 0 bridgehead atoms. The minimum Gasteiger partial charge on any atom is -0.381 e. The van der Waals surface area contributed by atoms with Gasteiger partial charge >= 0.3 is 0 Å². The van der Waals surface area contributed by atoms with Crippen LogP contribution in [0.2, 0.25) is 0 Å². The third-order valence-corrected chi connectivity index (χ3v) is 12.4. The fourth-order valence-corrected chi connectivity index (χ4v) is 9.14.